The minimum Gasteiger partial charge on any atom is -0.490 e. The molecular weight excluding hydrogens is 570 g/mol. The summed E-state index contributed by atoms with van der Waals surface area (Å²) in [6.45, 7) is 6.14. The molecule has 4 aromatic rings. The number of nitro benzene ring substituents is 1. The van der Waals surface area contributed by atoms with Crippen molar-refractivity contribution in [3.8, 4) is 11.5 Å². The third-order valence-corrected chi connectivity index (χ3v) is 7.72. The zero-order valence-electron chi connectivity index (χ0n) is 23.8. The molecule has 0 amide bonds. The van der Waals surface area contributed by atoms with E-state index in [9.17, 15) is 19.7 Å². The van der Waals surface area contributed by atoms with Crippen molar-refractivity contribution < 1.29 is 23.9 Å². The van der Waals surface area contributed by atoms with E-state index < -0.39 is 16.9 Å². The Morgan fingerprint density at radius 2 is 1.77 bits per heavy atom. The molecule has 1 aliphatic rings. The molecule has 3 aromatic carbocycles. The Kier molecular flexibility index (Phi) is 8.82. The maximum atomic E-state index is 13.8. The van der Waals surface area contributed by atoms with E-state index in [0.29, 0.717) is 44.3 Å². The maximum absolute atomic E-state index is 13.8. The summed E-state index contributed by atoms with van der Waals surface area (Å²) in [5, 5.41) is 10.9. The fourth-order valence-electron chi connectivity index (χ4n) is 4.77. The lowest BCUT2D eigenvalue weighted by atomic mass is 9.96. The van der Waals surface area contributed by atoms with Crippen LogP contribution >= 0.6 is 11.3 Å². The van der Waals surface area contributed by atoms with Crippen molar-refractivity contribution in [2.24, 2.45) is 4.99 Å². The summed E-state index contributed by atoms with van der Waals surface area (Å²) in [6.07, 6.45) is 1.76. The predicted octanol–water partition coefficient (Wildman–Crippen LogP) is 4.68. The fraction of sp³-hybridized carbons (Fsp3) is 0.219. The van der Waals surface area contributed by atoms with Crippen LogP contribution < -0.4 is 24.4 Å². The molecule has 11 heteroatoms. The first-order valence-corrected chi connectivity index (χ1v) is 14.5. The zero-order chi connectivity index (χ0) is 30.5. The maximum Gasteiger partial charge on any atom is 0.338 e. The van der Waals surface area contributed by atoms with Crippen molar-refractivity contribution in [1.82, 2.24) is 4.57 Å². The van der Waals surface area contributed by atoms with Crippen LogP contribution in [0.1, 0.15) is 43.5 Å². The molecule has 0 bridgehead atoms. The van der Waals surface area contributed by atoms with Gasteiger partial charge in [0.15, 0.2) is 16.3 Å². The molecule has 2 heterocycles. The van der Waals surface area contributed by atoms with Gasteiger partial charge in [0.2, 0.25) is 0 Å². The summed E-state index contributed by atoms with van der Waals surface area (Å²) in [5.74, 6) is 0.490. The van der Waals surface area contributed by atoms with E-state index >= 15 is 0 Å². The smallest absolute Gasteiger partial charge is 0.338 e. The topological polar surface area (TPSA) is 122 Å². The Morgan fingerprint density at radius 3 is 2.44 bits per heavy atom. The van der Waals surface area contributed by atoms with E-state index in [1.807, 2.05) is 43.3 Å². The molecule has 220 valence electrons. The van der Waals surface area contributed by atoms with Crippen LogP contribution in [0.25, 0.3) is 6.08 Å². The van der Waals surface area contributed by atoms with Crippen LogP contribution in [-0.4, -0.2) is 28.7 Å². The van der Waals surface area contributed by atoms with E-state index in [1.165, 1.54) is 23.5 Å². The highest BCUT2D eigenvalue weighted by atomic mass is 32.1. The number of aromatic nitrogens is 1. The van der Waals surface area contributed by atoms with Crippen molar-refractivity contribution in [2.75, 3.05) is 13.2 Å². The van der Waals surface area contributed by atoms with Crippen LogP contribution in [-0.2, 0) is 16.1 Å². The van der Waals surface area contributed by atoms with Gasteiger partial charge in [-0.2, -0.15) is 0 Å². The molecule has 0 radical (unpaired) electrons. The highest BCUT2D eigenvalue weighted by Gasteiger charge is 2.33. The summed E-state index contributed by atoms with van der Waals surface area (Å²) >= 11 is 1.24. The lowest BCUT2D eigenvalue weighted by Crippen LogP contribution is -2.39. The van der Waals surface area contributed by atoms with Gasteiger partial charge in [-0.3, -0.25) is 19.5 Å². The largest absolute Gasteiger partial charge is 0.490 e. The van der Waals surface area contributed by atoms with E-state index in [4.69, 9.17) is 14.2 Å². The van der Waals surface area contributed by atoms with Crippen molar-refractivity contribution >= 4 is 29.1 Å². The molecule has 0 N–H and O–H groups in total. The van der Waals surface area contributed by atoms with Gasteiger partial charge in [0.1, 0.15) is 6.61 Å². The number of ether oxygens (including phenoxy) is 3. The van der Waals surface area contributed by atoms with Crippen molar-refractivity contribution in [2.45, 2.75) is 33.4 Å². The van der Waals surface area contributed by atoms with Crippen LogP contribution in [0.4, 0.5) is 5.69 Å². The third-order valence-electron chi connectivity index (χ3n) is 6.74. The van der Waals surface area contributed by atoms with E-state index in [1.54, 1.807) is 48.8 Å². The fourth-order valence-corrected chi connectivity index (χ4v) is 5.82. The molecule has 0 spiro atoms. The number of nitrogens with zero attached hydrogens (tertiary/aromatic N) is 3. The number of fused-ring (bicyclic) bond motifs is 1. The number of rotatable bonds is 10. The number of non-ortho nitro benzene ring substituents is 1. The highest BCUT2D eigenvalue weighted by Crippen LogP contribution is 2.31. The van der Waals surface area contributed by atoms with Gasteiger partial charge in [-0.1, -0.05) is 47.7 Å². The van der Waals surface area contributed by atoms with Crippen molar-refractivity contribution in [3.63, 3.8) is 0 Å². The number of carbonyl (C=O) groups excluding carboxylic acids is 1. The standard InChI is InChI=1S/C32H29N3O7S/c1-4-40-26-17-22(13-16-25(26)42-19-21-11-14-24(15-12-21)35(38)39)18-27-30(36)34-29(23-9-7-6-8-10-23)28(31(37)41-5-2)20(3)33-32(34)43-27/h6-18,29H,4-5,19H2,1-3H3/b27-18-. The van der Waals surface area contributed by atoms with Gasteiger partial charge in [0, 0.05) is 12.1 Å². The number of hydrogen-bond acceptors (Lipinski definition) is 9. The average molecular weight is 600 g/mol. The van der Waals surface area contributed by atoms with Gasteiger partial charge in [0.25, 0.3) is 11.2 Å². The Balaban J connectivity index is 1.50. The first-order chi connectivity index (χ1) is 20.8. The van der Waals surface area contributed by atoms with Gasteiger partial charge in [-0.25, -0.2) is 9.79 Å². The Bertz CT molecular complexity index is 1880. The van der Waals surface area contributed by atoms with E-state index in [0.717, 1.165) is 11.1 Å². The molecule has 1 aliphatic heterocycles. The quantitative estimate of drug-likeness (QED) is 0.147. The minimum absolute atomic E-state index is 0.00996. The molecular formula is C32H29N3O7S. The summed E-state index contributed by atoms with van der Waals surface area (Å²) in [4.78, 5) is 42.4. The SMILES string of the molecule is CCOC(=O)C1=C(C)N=c2s/c(=C\c3ccc(OCc4ccc([N+](=O)[O-])cc4)c(OCC)c3)c(=O)n2C1c1ccccc1. The lowest BCUT2D eigenvalue weighted by molar-refractivity contribution is -0.384. The second-order valence-electron chi connectivity index (χ2n) is 9.56. The molecule has 0 aliphatic carbocycles. The summed E-state index contributed by atoms with van der Waals surface area (Å²) in [7, 11) is 0. The zero-order valence-corrected chi connectivity index (χ0v) is 24.6. The summed E-state index contributed by atoms with van der Waals surface area (Å²) < 4.78 is 19.1. The summed E-state index contributed by atoms with van der Waals surface area (Å²) in [6, 6.07) is 20.2. The predicted molar refractivity (Wildman–Crippen MR) is 162 cm³/mol. The Morgan fingerprint density at radius 1 is 1.02 bits per heavy atom. The van der Waals surface area contributed by atoms with E-state index in [-0.39, 0.29) is 24.5 Å². The average Bonchev–Trinajstić information content (AvgIpc) is 3.30. The summed E-state index contributed by atoms with van der Waals surface area (Å²) in [5.41, 5.74) is 2.84. The molecule has 0 saturated heterocycles. The molecule has 43 heavy (non-hydrogen) atoms. The molecule has 0 fully saturated rings. The number of nitro groups is 1. The number of esters is 1. The molecule has 1 unspecified atom stereocenters. The minimum atomic E-state index is -0.673. The van der Waals surface area contributed by atoms with Gasteiger partial charge >= 0.3 is 5.97 Å². The van der Waals surface area contributed by atoms with Crippen molar-refractivity contribution in [3.05, 3.63) is 131 Å². The highest BCUT2D eigenvalue weighted by molar-refractivity contribution is 7.07. The first-order valence-electron chi connectivity index (χ1n) is 13.7. The third kappa shape index (κ3) is 6.26. The molecule has 0 saturated carbocycles. The van der Waals surface area contributed by atoms with Gasteiger partial charge in [-0.15, -0.1) is 0 Å². The number of thiazole rings is 1. The molecule has 5 rings (SSSR count). The van der Waals surface area contributed by atoms with Gasteiger partial charge in [-0.05, 0) is 67.8 Å². The van der Waals surface area contributed by atoms with Crippen LogP contribution in [0, 0.1) is 10.1 Å². The Hall–Kier alpha value is -5.03. The van der Waals surface area contributed by atoms with Gasteiger partial charge in [0.05, 0.1) is 40.0 Å². The van der Waals surface area contributed by atoms with Crippen LogP contribution in [0.3, 0.4) is 0 Å². The number of benzene rings is 3. The van der Waals surface area contributed by atoms with Crippen LogP contribution in [0.15, 0.2) is 93.9 Å². The number of allylic oxidation sites excluding steroid dienone is 1. The monoisotopic (exact) mass is 599 g/mol. The Labute approximate surface area is 251 Å². The van der Waals surface area contributed by atoms with Crippen LogP contribution in [0.2, 0.25) is 0 Å². The molecule has 1 aromatic heterocycles. The second-order valence-corrected chi connectivity index (χ2v) is 10.6. The van der Waals surface area contributed by atoms with Gasteiger partial charge < -0.3 is 14.2 Å². The molecule has 10 nitrogen and oxygen atoms in total. The number of hydrogen-bond donors (Lipinski definition) is 0. The lowest BCUT2D eigenvalue weighted by Gasteiger charge is -2.24. The molecule has 1 atom stereocenters. The normalized spacial score (nSPS) is 14.6. The van der Waals surface area contributed by atoms with Crippen molar-refractivity contribution in [1.29, 1.82) is 0 Å². The van der Waals surface area contributed by atoms with Crippen LogP contribution in [0.5, 0.6) is 11.5 Å². The van der Waals surface area contributed by atoms with E-state index in [2.05, 4.69) is 4.99 Å². The number of carbonyl (C=O) groups is 1. The first kappa shape index (κ1) is 29.5. The second kappa shape index (κ2) is 12.9.